The van der Waals surface area contributed by atoms with Crippen LogP contribution < -0.4 is 15.5 Å². The molecule has 8 heteroatoms. The molecular formula is C14H14ClN3O3S. The number of fused-ring (bicyclic) bond motifs is 1. The minimum atomic E-state index is -0.442. The van der Waals surface area contributed by atoms with Crippen LogP contribution in [-0.4, -0.2) is 35.5 Å². The molecule has 0 bridgehead atoms. The second-order valence-electron chi connectivity index (χ2n) is 4.43. The number of pyridine rings is 1. The number of aromatic amines is 1. The number of methoxy groups -OCH3 is 1. The summed E-state index contributed by atoms with van der Waals surface area (Å²) in [6, 6.07) is 5.05. The van der Waals surface area contributed by atoms with E-state index in [1.54, 1.807) is 25.3 Å². The molecule has 2 heterocycles. The standard InChI is InChI=1S/C14H13N3O3S.ClH/c1-20-8-2-3-9-11(6-8)16-7-10(12(9)18)13(19)17-14-15-4-5-21-14;/h2-3,6-7H,4-5H2,1H3,(H,16,18)(H,15,17,19);1H. The summed E-state index contributed by atoms with van der Waals surface area (Å²) in [4.78, 5) is 31.6. The van der Waals surface area contributed by atoms with E-state index in [1.807, 2.05) is 0 Å². The van der Waals surface area contributed by atoms with Gasteiger partial charge in [-0.05, 0) is 12.1 Å². The fourth-order valence-electron chi connectivity index (χ4n) is 2.07. The average Bonchev–Trinajstić information content (AvgIpc) is 3.00. The maximum atomic E-state index is 12.4. The predicted octanol–water partition coefficient (Wildman–Crippen LogP) is 1.79. The Hall–Kier alpha value is -1.99. The first kappa shape index (κ1) is 16.4. The highest BCUT2D eigenvalue weighted by Gasteiger charge is 2.16. The number of aromatic nitrogens is 1. The minimum absolute atomic E-state index is 0. The lowest BCUT2D eigenvalue weighted by atomic mass is 10.1. The molecule has 1 aromatic heterocycles. The van der Waals surface area contributed by atoms with Crippen molar-refractivity contribution in [3.05, 3.63) is 40.2 Å². The van der Waals surface area contributed by atoms with Crippen molar-refractivity contribution in [2.45, 2.75) is 0 Å². The molecule has 0 saturated carbocycles. The molecule has 22 heavy (non-hydrogen) atoms. The second-order valence-corrected chi connectivity index (χ2v) is 5.52. The zero-order valence-electron chi connectivity index (χ0n) is 11.7. The third-order valence-electron chi connectivity index (χ3n) is 3.14. The van der Waals surface area contributed by atoms with Gasteiger partial charge < -0.3 is 15.0 Å². The van der Waals surface area contributed by atoms with Crippen molar-refractivity contribution in [1.82, 2.24) is 10.3 Å². The normalized spacial score (nSPS) is 13.4. The maximum absolute atomic E-state index is 12.4. The Morgan fingerprint density at radius 2 is 2.27 bits per heavy atom. The number of carbonyl (C=O) groups is 1. The van der Waals surface area contributed by atoms with Crippen molar-refractivity contribution in [3.8, 4) is 5.75 Å². The van der Waals surface area contributed by atoms with Crippen LogP contribution in [0.5, 0.6) is 5.75 Å². The van der Waals surface area contributed by atoms with Crippen molar-refractivity contribution < 1.29 is 9.53 Å². The lowest BCUT2D eigenvalue weighted by Crippen LogP contribution is -2.31. The van der Waals surface area contributed by atoms with Gasteiger partial charge in [-0.1, -0.05) is 11.8 Å². The highest BCUT2D eigenvalue weighted by atomic mass is 35.5. The van der Waals surface area contributed by atoms with Gasteiger partial charge in [0.05, 0.1) is 19.2 Å². The Morgan fingerprint density at radius 3 is 2.95 bits per heavy atom. The monoisotopic (exact) mass is 339 g/mol. The summed E-state index contributed by atoms with van der Waals surface area (Å²) in [5.41, 5.74) is 0.388. The number of hydrogen-bond donors (Lipinski definition) is 2. The lowest BCUT2D eigenvalue weighted by Gasteiger charge is -2.06. The molecule has 0 atom stereocenters. The lowest BCUT2D eigenvalue weighted by molar-refractivity contribution is 0.0977. The van der Waals surface area contributed by atoms with E-state index in [0.717, 1.165) is 5.75 Å². The number of hydrogen-bond acceptors (Lipinski definition) is 5. The van der Waals surface area contributed by atoms with Gasteiger partial charge in [0.1, 0.15) is 11.3 Å². The van der Waals surface area contributed by atoms with Crippen LogP contribution in [0.3, 0.4) is 0 Å². The number of amidine groups is 1. The SMILES string of the molecule is COc1ccc2c(=O)c(C(=O)NC3=NCCS3)c[nH]c2c1.Cl. The van der Waals surface area contributed by atoms with Crippen LogP contribution in [0.4, 0.5) is 0 Å². The molecule has 1 aliphatic rings. The van der Waals surface area contributed by atoms with Gasteiger partial charge in [0.15, 0.2) is 5.17 Å². The molecule has 6 nitrogen and oxygen atoms in total. The summed E-state index contributed by atoms with van der Waals surface area (Å²) in [6.07, 6.45) is 1.42. The molecule has 0 radical (unpaired) electrons. The third kappa shape index (κ3) is 3.10. The highest BCUT2D eigenvalue weighted by Crippen LogP contribution is 2.17. The van der Waals surface area contributed by atoms with Gasteiger partial charge >= 0.3 is 0 Å². The zero-order chi connectivity index (χ0) is 14.8. The second kappa shape index (κ2) is 6.85. The molecule has 0 spiro atoms. The van der Waals surface area contributed by atoms with Crippen LogP contribution in [0.15, 0.2) is 34.2 Å². The predicted molar refractivity (Wildman–Crippen MR) is 90.6 cm³/mol. The molecule has 2 N–H and O–H groups in total. The molecular weight excluding hydrogens is 326 g/mol. The first-order valence-electron chi connectivity index (χ1n) is 6.37. The highest BCUT2D eigenvalue weighted by molar-refractivity contribution is 8.14. The largest absolute Gasteiger partial charge is 0.497 e. The molecule has 1 amide bonds. The van der Waals surface area contributed by atoms with Crippen molar-refractivity contribution in [2.24, 2.45) is 4.99 Å². The van der Waals surface area contributed by atoms with E-state index in [-0.39, 0.29) is 23.4 Å². The van der Waals surface area contributed by atoms with E-state index in [1.165, 1.54) is 18.0 Å². The molecule has 1 aliphatic heterocycles. The van der Waals surface area contributed by atoms with Gasteiger partial charge in [-0.3, -0.25) is 14.6 Å². The van der Waals surface area contributed by atoms with E-state index < -0.39 is 5.91 Å². The van der Waals surface area contributed by atoms with Gasteiger partial charge in [0, 0.05) is 23.4 Å². The molecule has 0 saturated heterocycles. The zero-order valence-corrected chi connectivity index (χ0v) is 13.3. The first-order valence-corrected chi connectivity index (χ1v) is 7.35. The number of amides is 1. The summed E-state index contributed by atoms with van der Waals surface area (Å²) < 4.78 is 5.11. The quantitative estimate of drug-likeness (QED) is 0.873. The fraction of sp³-hybridized carbons (Fsp3) is 0.214. The van der Waals surface area contributed by atoms with Crippen molar-refractivity contribution in [2.75, 3.05) is 19.4 Å². The maximum Gasteiger partial charge on any atom is 0.262 e. The minimum Gasteiger partial charge on any atom is -0.497 e. The molecule has 0 unspecified atom stereocenters. The van der Waals surface area contributed by atoms with Crippen molar-refractivity contribution in [3.63, 3.8) is 0 Å². The summed E-state index contributed by atoms with van der Waals surface area (Å²) in [7, 11) is 1.56. The molecule has 116 valence electrons. The topological polar surface area (TPSA) is 83.6 Å². The Balaban J connectivity index is 0.00000176. The van der Waals surface area contributed by atoms with E-state index in [4.69, 9.17) is 4.74 Å². The number of nitrogens with one attached hydrogen (secondary N) is 2. The van der Waals surface area contributed by atoms with E-state index in [2.05, 4.69) is 15.3 Å². The summed E-state index contributed by atoms with van der Waals surface area (Å²) in [5, 5.41) is 3.67. The number of thioether (sulfide) groups is 1. The number of halogens is 1. The smallest absolute Gasteiger partial charge is 0.262 e. The molecule has 0 fully saturated rings. The van der Waals surface area contributed by atoms with Gasteiger partial charge in [-0.15, -0.1) is 12.4 Å². The Kier molecular flexibility index (Phi) is 5.10. The third-order valence-corrected chi connectivity index (χ3v) is 4.03. The molecule has 0 aliphatic carbocycles. The van der Waals surface area contributed by atoms with E-state index in [0.29, 0.717) is 28.4 Å². The van der Waals surface area contributed by atoms with Gasteiger partial charge in [0.2, 0.25) is 5.43 Å². The molecule has 3 rings (SSSR count). The summed E-state index contributed by atoms with van der Waals surface area (Å²) in [5.74, 6) is 1.05. The number of rotatable bonds is 2. The van der Waals surface area contributed by atoms with Crippen LogP contribution in [0.25, 0.3) is 10.9 Å². The number of H-pyrrole nitrogens is 1. The van der Waals surface area contributed by atoms with E-state index in [9.17, 15) is 9.59 Å². The number of ether oxygens (including phenoxy) is 1. The Morgan fingerprint density at radius 1 is 1.45 bits per heavy atom. The first-order chi connectivity index (χ1) is 10.2. The molecule has 2 aromatic rings. The van der Waals surface area contributed by atoms with Crippen LogP contribution in [0.1, 0.15) is 10.4 Å². The number of aliphatic imine (C=N–C) groups is 1. The summed E-state index contributed by atoms with van der Waals surface area (Å²) in [6.45, 7) is 0.689. The van der Waals surface area contributed by atoms with Gasteiger partial charge in [-0.25, -0.2) is 0 Å². The van der Waals surface area contributed by atoms with E-state index >= 15 is 0 Å². The number of benzene rings is 1. The van der Waals surface area contributed by atoms with Crippen LogP contribution in [-0.2, 0) is 0 Å². The Labute approximate surface area is 136 Å². The number of carbonyl (C=O) groups excluding carboxylic acids is 1. The van der Waals surface area contributed by atoms with Crippen LogP contribution in [0, 0.1) is 0 Å². The Bertz CT molecular complexity index is 804. The molecule has 1 aromatic carbocycles. The summed E-state index contributed by atoms with van der Waals surface area (Å²) >= 11 is 1.47. The average molecular weight is 340 g/mol. The number of nitrogens with zero attached hydrogens (tertiary/aromatic N) is 1. The van der Waals surface area contributed by atoms with Crippen molar-refractivity contribution in [1.29, 1.82) is 0 Å². The van der Waals surface area contributed by atoms with Crippen LogP contribution in [0.2, 0.25) is 0 Å². The van der Waals surface area contributed by atoms with Gasteiger partial charge in [0.25, 0.3) is 5.91 Å². The van der Waals surface area contributed by atoms with Gasteiger partial charge in [-0.2, -0.15) is 0 Å². The fourth-order valence-corrected chi connectivity index (χ4v) is 2.80. The van der Waals surface area contributed by atoms with Crippen molar-refractivity contribution >= 4 is 46.1 Å². The van der Waals surface area contributed by atoms with Crippen LogP contribution >= 0.6 is 24.2 Å².